The summed E-state index contributed by atoms with van der Waals surface area (Å²) in [5, 5.41) is 12.7. The molecule has 0 aliphatic heterocycles. The fraction of sp³-hybridized carbons (Fsp3) is 0.0769. The fourth-order valence-corrected chi connectivity index (χ4v) is 9.96. The van der Waals surface area contributed by atoms with Crippen LogP contribution in [0.1, 0.15) is 28.8 Å². The third-order valence-corrected chi connectivity index (χ3v) is 12.3. The summed E-state index contributed by atoms with van der Waals surface area (Å²) in [7, 11) is 0. The van der Waals surface area contributed by atoms with Gasteiger partial charge >= 0.3 is 0 Å². The Morgan fingerprint density at radius 3 is 2.00 bits per heavy atom. The fourth-order valence-electron chi connectivity index (χ4n) is 9.96. The lowest BCUT2D eigenvalue weighted by molar-refractivity contribution is 0.891. The minimum absolute atomic E-state index is 0.918. The molecule has 0 unspecified atom stereocenters. The van der Waals surface area contributed by atoms with Gasteiger partial charge in [-0.2, -0.15) is 0 Å². The Kier molecular flexibility index (Phi) is 6.19. The van der Waals surface area contributed by atoms with Gasteiger partial charge in [-0.25, -0.2) is 0 Å². The van der Waals surface area contributed by atoms with Crippen molar-refractivity contribution in [1.29, 1.82) is 0 Å². The standard InChI is InChI=1S/C52H36N2/c1-32-29-37(26-24-34-15-5-6-16-38(34)33-13-3-2-4-14-33)39-17-7-10-20-45(39)53-46-21-11-8-18-40(46)43-31-44-41-19-9-12-22-47(41)54-48-28-27-35-23-25-36(32)30-42(35)49(48)50(51(43)53)52(44)54/h2-6,8-16,18-23,25,27-31H,1,7,17,24,26H2. The van der Waals surface area contributed by atoms with Gasteiger partial charge in [0, 0.05) is 38.0 Å². The summed E-state index contributed by atoms with van der Waals surface area (Å²) in [5.74, 6) is 0. The van der Waals surface area contributed by atoms with E-state index in [0.717, 1.165) is 30.9 Å². The lowest BCUT2D eigenvalue weighted by Crippen LogP contribution is -2.08. The quantitative estimate of drug-likeness (QED) is 0.174. The van der Waals surface area contributed by atoms with Gasteiger partial charge in [-0.3, -0.25) is 0 Å². The van der Waals surface area contributed by atoms with Gasteiger partial charge in [-0.15, -0.1) is 0 Å². The van der Waals surface area contributed by atoms with Crippen LogP contribution >= 0.6 is 0 Å². The summed E-state index contributed by atoms with van der Waals surface area (Å²) in [4.78, 5) is 0. The molecular weight excluding hydrogens is 653 g/mol. The third-order valence-electron chi connectivity index (χ3n) is 12.3. The highest BCUT2D eigenvalue weighted by Gasteiger charge is 2.25. The second-order valence-corrected chi connectivity index (χ2v) is 15.2. The summed E-state index contributed by atoms with van der Waals surface area (Å²) in [5.41, 5.74) is 14.4. The van der Waals surface area contributed by atoms with Crippen LogP contribution in [-0.4, -0.2) is 8.80 Å². The molecule has 11 aromatic rings. The predicted octanol–water partition coefficient (Wildman–Crippen LogP) is 12.7. The second-order valence-electron chi connectivity index (χ2n) is 15.2. The van der Waals surface area contributed by atoms with E-state index in [2.05, 4.69) is 167 Å². The summed E-state index contributed by atoms with van der Waals surface area (Å²) in [6.45, 7) is 4.78. The van der Waals surface area contributed by atoms with Crippen molar-refractivity contribution in [2.45, 2.75) is 25.7 Å². The topological polar surface area (TPSA) is 8.82 Å². The van der Waals surface area contributed by atoms with Crippen molar-refractivity contribution < 1.29 is 0 Å². The third kappa shape index (κ3) is 4.06. The average molecular weight is 689 g/mol. The Balaban J connectivity index is 1.28. The Bertz CT molecular complexity index is 3450. The van der Waals surface area contributed by atoms with Gasteiger partial charge in [0.1, 0.15) is 0 Å². The molecule has 0 radical (unpaired) electrons. The molecule has 0 saturated carbocycles. The Morgan fingerprint density at radius 1 is 0.500 bits per heavy atom. The van der Waals surface area contributed by atoms with E-state index in [1.54, 1.807) is 0 Å². The Hall–Kier alpha value is -6.64. The molecular formula is C52H36N2. The maximum Gasteiger partial charge on any atom is 0.0642 e. The van der Waals surface area contributed by atoms with Crippen molar-refractivity contribution in [2.75, 3.05) is 0 Å². The van der Waals surface area contributed by atoms with Crippen LogP contribution in [0.25, 0.3) is 99.8 Å². The first-order valence-electron chi connectivity index (χ1n) is 19.2. The van der Waals surface area contributed by atoms with Crippen LogP contribution in [0.15, 0.2) is 152 Å². The van der Waals surface area contributed by atoms with Crippen LogP contribution in [0.5, 0.6) is 0 Å². The maximum absolute atomic E-state index is 4.78. The van der Waals surface area contributed by atoms with Gasteiger partial charge < -0.3 is 8.80 Å². The van der Waals surface area contributed by atoms with Crippen molar-refractivity contribution in [2.24, 2.45) is 0 Å². The zero-order valence-corrected chi connectivity index (χ0v) is 29.9. The van der Waals surface area contributed by atoms with Gasteiger partial charge in [0.15, 0.2) is 0 Å². The van der Waals surface area contributed by atoms with E-state index in [1.807, 2.05) is 0 Å². The zero-order valence-electron chi connectivity index (χ0n) is 29.9. The van der Waals surface area contributed by atoms with Crippen LogP contribution in [0, 0.1) is 0 Å². The van der Waals surface area contributed by atoms with Gasteiger partial charge in [-0.05, 0) is 111 Å². The van der Waals surface area contributed by atoms with Gasteiger partial charge in [-0.1, -0.05) is 128 Å². The van der Waals surface area contributed by atoms with Gasteiger partial charge in [0.25, 0.3) is 0 Å². The van der Waals surface area contributed by atoms with Gasteiger partial charge in [0.2, 0.25) is 0 Å². The molecule has 0 spiro atoms. The zero-order chi connectivity index (χ0) is 35.5. The molecule has 54 heavy (non-hydrogen) atoms. The number of hydrogen-bond acceptors (Lipinski definition) is 0. The molecule has 1 aliphatic rings. The van der Waals surface area contributed by atoms with Crippen LogP contribution < -0.4 is 5.22 Å². The Morgan fingerprint density at radius 2 is 1.17 bits per heavy atom. The minimum atomic E-state index is 0.918. The number of aryl methyl sites for hydroxylation is 2. The molecule has 4 heterocycles. The molecule has 1 aliphatic carbocycles. The highest BCUT2D eigenvalue weighted by Crippen LogP contribution is 2.47. The molecule has 0 fully saturated rings. The number of allylic oxidation sites excluding steroid dienone is 1. The lowest BCUT2D eigenvalue weighted by Gasteiger charge is -2.17. The van der Waals surface area contributed by atoms with Crippen molar-refractivity contribution in [3.63, 3.8) is 0 Å². The highest BCUT2D eigenvalue weighted by atomic mass is 14.9. The highest BCUT2D eigenvalue weighted by molar-refractivity contribution is 6.37. The van der Waals surface area contributed by atoms with Crippen molar-refractivity contribution in [3.8, 4) is 11.1 Å². The van der Waals surface area contributed by atoms with Crippen molar-refractivity contribution >= 4 is 88.7 Å². The summed E-state index contributed by atoms with van der Waals surface area (Å²) in [6.07, 6.45) is 8.65. The second kappa shape index (κ2) is 11.2. The first kappa shape index (κ1) is 29.9. The molecule has 12 rings (SSSR count). The number of para-hydroxylation sites is 2. The number of benzene rings is 7. The normalized spacial score (nSPS) is 13.2. The first-order valence-corrected chi connectivity index (χ1v) is 19.2. The number of fused-ring (bicyclic) bond motifs is 10. The van der Waals surface area contributed by atoms with E-state index >= 15 is 0 Å². The molecule has 2 heteroatoms. The molecule has 0 N–H and O–H groups in total. The van der Waals surface area contributed by atoms with E-state index in [0.29, 0.717) is 0 Å². The minimum Gasteiger partial charge on any atom is -0.308 e. The molecule has 4 aromatic heterocycles. The molecule has 254 valence electrons. The monoisotopic (exact) mass is 688 g/mol. The van der Waals surface area contributed by atoms with E-state index in [-0.39, 0.29) is 0 Å². The summed E-state index contributed by atoms with van der Waals surface area (Å²) < 4.78 is 5.16. The van der Waals surface area contributed by atoms with Crippen LogP contribution in [0.2, 0.25) is 0 Å². The maximum atomic E-state index is 4.78. The van der Waals surface area contributed by atoms with E-state index in [9.17, 15) is 0 Å². The smallest absolute Gasteiger partial charge is 0.0642 e. The number of rotatable bonds is 4. The first-order chi connectivity index (χ1) is 26.7. The van der Waals surface area contributed by atoms with E-state index in [4.69, 9.17) is 6.58 Å². The van der Waals surface area contributed by atoms with Gasteiger partial charge in [0.05, 0.1) is 27.6 Å². The summed E-state index contributed by atoms with van der Waals surface area (Å²) >= 11 is 0. The van der Waals surface area contributed by atoms with Crippen LogP contribution in [0.3, 0.4) is 0 Å². The predicted molar refractivity (Wildman–Crippen MR) is 231 cm³/mol. The van der Waals surface area contributed by atoms with Crippen molar-refractivity contribution in [1.82, 2.24) is 8.80 Å². The molecule has 2 bridgehead atoms. The molecule has 7 aromatic carbocycles. The van der Waals surface area contributed by atoms with E-state index < -0.39 is 0 Å². The molecule has 0 amide bonds. The number of nitrogens with zero attached hydrogens (tertiary/aromatic N) is 2. The lowest BCUT2D eigenvalue weighted by atomic mass is 9.91. The molecule has 2 nitrogen and oxygen atoms in total. The van der Waals surface area contributed by atoms with Crippen molar-refractivity contribution in [3.05, 3.63) is 179 Å². The van der Waals surface area contributed by atoms with E-state index in [1.165, 1.54) is 110 Å². The largest absolute Gasteiger partial charge is 0.308 e. The number of hydrogen-bond donors (Lipinski definition) is 0. The number of aromatic nitrogens is 2. The average Bonchev–Trinajstić information content (AvgIpc) is 3.87. The van der Waals surface area contributed by atoms with Crippen LogP contribution in [-0.2, 0) is 19.3 Å². The van der Waals surface area contributed by atoms with Crippen LogP contribution in [0.4, 0.5) is 0 Å². The molecule has 0 atom stereocenters. The summed E-state index contributed by atoms with van der Waals surface area (Å²) in [6, 6.07) is 54.3. The Labute approximate surface area is 312 Å². The molecule has 0 saturated heterocycles. The SMILES string of the molecule is C=c1cc(CCc2ccccc2-c2ccccc2)c2c(n3c4ccccc4c4cc5c6ccccc6n6c7ccc8ccc1cc8c7c(c43)c56)C=CCC2.